The van der Waals surface area contributed by atoms with E-state index < -0.39 is 0 Å². The first-order valence-electron chi connectivity index (χ1n) is 3.41. The molecule has 0 atom stereocenters. The number of aryl methyl sites for hydroxylation is 1. The largest absolute Gasteiger partial charge is 0.332 e. The second-order valence-corrected chi connectivity index (χ2v) is 4.40. The Morgan fingerprint density at radius 1 is 1.62 bits per heavy atom. The Morgan fingerprint density at radius 2 is 2.38 bits per heavy atom. The van der Waals surface area contributed by atoms with E-state index in [1.165, 1.54) is 11.3 Å². The molecule has 0 saturated heterocycles. The molecular weight excluding hydrogens is 276 g/mol. The summed E-state index contributed by atoms with van der Waals surface area (Å²) in [6.45, 7) is 1.94. The van der Waals surface area contributed by atoms with Crippen LogP contribution in [0, 0.1) is 6.92 Å². The summed E-state index contributed by atoms with van der Waals surface area (Å²) in [6.07, 6.45) is 0. The van der Waals surface area contributed by atoms with Crippen LogP contribution in [0.2, 0.25) is 5.02 Å². The molecule has 3 nitrogen and oxygen atoms in total. The monoisotopic (exact) mass is 278 g/mol. The first-order valence-corrected chi connectivity index (χ1v) is 5.46. The molecule has 0 unspecified atom stereocenters. The molecule has 0 aliphatic carbocycles. The highest BCUT2D eigenvalue weighted by Gasteiger charge is 2.14. The maximum Gasteiger partial charge on any atom is 0.270 e. The summed E-state index contributed by atoms with van der Waals surface area (Å²) >= 11 is 10.6. The number of nitrogens with zero attached hydrogens (tertiary/aromatic N) is 2. The molecule has 0 bridgehead atoms. The van der Waals surface area contributed by atoms with Crippen LogP contribution in [0.25, 0.3) is 10.8 Å². The Hall–Kier alpha value is -0.390. The topological polar surface area (TPSA) is 38.9 Å². The molecule has 0 aliphatic rings. The van der Waals surface area contributed by atoms with Gasteiger partial charge < -0.3 is 4.52 Å². The van der Waals surface area contributed by atoms with Crippen LogP contribution in [0.4, 0.5) is 0 Å². The van der Waals surface area contributed by atoms with Crippen molar-refractivity contribution in [3.05, 3.63) is 20.7 Å². The molecule has 0 fully saturated rings. The minimum atomic E-state index is 0.435. The average Bonchev–Trinajstić information content (AvgIpc) is 2.62. The van der Waals surface area contributed by atoms with Gasteiger partial charge in [0.15, 0.2) is 0 Å². The molecule has 0 amide bonds. The van der Waals surface area contributed by atoms with Crippen LogP contribution in [0.3, 0.4) is 0 Å². The van der Waals surface area contributed by atoms with Crippen molar-refractivity contribution in [2.75, 3.05) is 0 Å². The summed E-state index contributed by atoms with van der Waals surface area (Å²) in [5.74, 6) is 0.454. The van der Waals surface area contributed by atoms with E-state index in [-0.39, 0.29) is 0 Å². The molecule has 0 aliphatic heterocycles. The second kappa shape index (κ2) is 3.40. The lowest BCUT2D eigenvalue weighted by Gasteiger charge is -1.88. The standard InChI is InChI=1S/C7H4BrClN2OS/c1-3-2-13-5(4(3)9)6-10-7(8)11-12-6/h2H,1H3. The number of aromatic nitrogens is 2. The van der Waals surface area contributed by atoms with Crippen LogP contribution in [0.1, 0.15) is 5.56 Å². The van der Waals surface area contributed by atoms with Crippen molar-refractivity contribution in [2.45, 2.75) is 6.92 Å². The SMILES string of the molecule is Cc1csc(-c2nc(Br)no2)c1Cl. The van der Waals surface area contributed by atoms with Crippen molar-refractivity contribution in [3.63, 3.8) is 0 Å². The summed E-state index contributed by atoms with van der Waals surface area (Å²) in [7, 11) is 0. The fraction of sp³-hybridized carbons (Fsp3) is 0.143. The number of hydrogen-bond donors (Lipinski definition) is 0. The van der Waals surface area contributed by atoms with Gasteiger partial charge >= 0.3 is 0 Å². The van der Waals surface area contributed by atoms with Gasteiger partial charge in [0.1, 0.15) is 4.88 Å². The fourth-order valence-electron chi connectivity index (χ4n) is 0.872. The van der Waals surface area contributed by atoms with Gasteiger partial charge in [0.05, 0.1) is 5.02 Å². The Balaban J connectivity index is 2.52. The smallest absolute Gasteiger partial charge is 0.270 e. The third-order valence-electron chi connectivity index (χ3n) is 1.49. The molecule has 68 valence electrons. The normalized spacial score (nSPS) is 10.7. The average molecular weight is 280 g/mol. The van der Waals surface area contributed by atoms with Gasteiger partial charge in [-0.3, -0.25) is 0 Å². The minimum Gasteiger partial charge on any atom is -0.332 e. The molecule has 0 spiro atoms. The summed E-state index contributed by atoms with van der Waals surface area (Å²) in [4.78, 5) is 4.84. The van der Waals surface area contributed by atoms with Crippen LogP contribution in [0.15, 0.2) is 14.6 Å². The Labute approximate surface area is 91.8 Å². The van der Waals surface area contributed by atoms with Crippen molar-refractivity contribution in [1.29, 1.82) is 0 Å². The molecule has 0 aromatic carbocycles. The summed E-state index contributed by atoms with van der Waals surface area (Å²) < 4.78 is 5.40. The summed E-state index contributed by atoms with van der Waals surface area (Å²) in [6, 6.07) is 0. The molecular formula is C7H4BrClN2OS. The molecule has 2 aromatic rings. The first kappa shape index (κ1) is 9.18. The highest BCUT2D eigenvalue weighted by molar-refractivity contribution is 9.10. The molecule has 2 rings (SSSR count). The van der Waals surface area contributed by atoms with E-state index in [9.17, 15) is 0 Å². The molecule has 2 aromatic heterocycles. The Bertz CT molecular complexity index is 439. The van der Waals surface area contributed by atoms with Crippen LogP contribution in [-0.4, -0.2) is 10.1 Å². The van der Waals surface area contributed by atoms with Crippen molar-refractivity contribution in [3.8, 4) is 10.8 Å². The van der Waals surface area contributed by atoms with Crippen LogP contribution < -0.4 is 0 Å². The lowest BCUT2D eigenvalue weighted by molar-refractivity contribution is 0.427. The van der Waals surface area contributed by atoms with Crippen LogP contribution >= 0.6 is 38.9 Å². The van der Waals surface area contributed by atoms with E-state index >= 15 is 0 Å². The number of thiophene rings is 1. The van der Waals surface area contributed by atoms with E-state index in [0.29, 0.717) is 15.6 Å². The zero-order valence-electron chi connectivity index (χ0n) is 6.54. The van der Waals surface area contributed by atoms with Crippen molar-refractivity contribution in [2.24, 2.45) is 0 Å². The molecule has 13 heavy (non-hydrogen) atoms. The molecule has 0 radical (unpaired) electrons. The molecule has 6 heteroatoms. The van der Waals surface area contributed by atoms with E-state index in [1.807, 2.05) is 12.3 Å². The van der Waals surface area contributed by atoms with Gasteiger partial charge in [-0.25, -0.2) is 0 Å². The fourth-order valence-corrected chi connectivity index (χ4v) is 2.30. The lowest BCUT2D eigenvalue weighted by atomic mass is 10.3. The lowest BCUT2D eigenvalue weighted by Crippen LogP contribution is -1.72. The number of halogens is 2. The van der Waals surface area contributed by atoms with Crippen LogP contribution in [-0.2, 0) is 0 Å². The van der Waals surface area contributed by atoms with E-state index in [1.54, 1.807) is 0 Å². The van der Waals surface area contributed by atoms with E-state index in [0.717, 1.165) is 10.4 Å². The van der Waals surface area contributed by atoms with E-state index in [4.69, 9.17) is 16.1 Å². The highest BCUT2D eigenvalue weighted by atomic mass is 79.9. The van der Waals surface area contributed by atoms with Crippen LogP contribution in [0.5, 0.6) is 0 Å². The van der Waals surface area contributed by atoms with Gasteiger partial charge in [0, 0.05) is 0 Å². The second-order valence-electron chi connectivity index (χ2n) is 2.43. The minimum absolute atomic E-state index is 0.435. The summed E-state index contributed by atoms with van der Waals surface area (Å²) in [5.41, 5.74) is 1.02. The van der Waals surface area contributed by atoms with Gasteiger partial charge in [0.25, 0.3) is 5.89 Å². The summed E-state index contributed by atoms with van der Waals surface area (Å²) in [5, 5.41) is 6.26. The van der Waals surface area contributed by atoms with Crippen molar-refractivity contribution < 1.29 is 4.52 Å². The first-order chi connectivity index (χ1) is 6.18. The van der Waals surface area contributed by atoms with Gasteiger partial charge in [-0.1, -0.05) is 11.6 Å². The highest BCUT2D eigenvalue weighted by Crippen LogP contribution is 2.35. The maximum atomic E-state index is 6.02. The van der Waals surface area contributed by atoms with Gasteiger partial charge in [-0.05, 0) is 39.0 Å². The zero-order valence-corrected chi connectivity index (χ0v) is 9.70. The number of hydrogen-bond acceptors (Lipinski definition) is 4. The van der Waals surface area contributed by atoms with E-state index in [2.05, 4.69) is 26.1 Å². The third-order valence-corrected chi connectivity index (χ3v) is 3.50. The Morgan fingerprint density at radius 3 is 2.85 bits per heavy atom. The third kappa shape index (κ3) is 1.63. The number of rotatable bonds is 1. The predicted molar refractivity (Wildman–Crippen MR) is 55.1 cm³/mol. The predicted octanol–water partition coefficient (Wildman–Crippen LogP) is 3.52. The Kier molecular flexibility index (Phi) is 2.40. The van der Waals surface area contributed by atoms with Crippen molar-refractivity contribution >= 4 is 38.9 Å². The maximum absolute atomic E-state index is 6.02. The zero-order chi connectivity index (χ0) is 9.42. The van der Waals surface area contributed by atoms with Gasteiger partial charge in [0.2, 0.25) is 4.73 Å². The van der Waals surface area contributed by atoms with Crippen molar-refractivity contribution in [1.82, 2.24) is 10.1 Å². The van der Waals surface area contributed by atoms with Gasteiger partial charge in [-0.15, -0.1) is 11.3 Å². The molecule has 0 saturated carbocycles. The molecule has 0 N–H and O–H groups in total. The van der Waals surface area contributed by atoms with Gasteiger partial charge in [-0.2, -0.15) is 4.98 Å². The quantitative estimate of drug-likeness (QED) is 0.801. The molecule has 2 heterocycles.